The summed E-state index contributed by atoms with van der Waals surface area (Å²) in [5, 5.41) is 13.4. The lowest BCUT2D eigenvalue weighted by Gasteiger charge is -2.01. The van der Waals surface area contributed by atoms with Crippen LogP contribution >= 0.6 is 11.3 Å². The minimum atomic E-state index is 0.607. The Labute approximate surface area is 111 Å². The molecule has 0 atom stereocenters. The Hall–Kier alpha value is -1.56. The fourth-order valence-electron chi connectivity index (χ4n) is 1.53. The molecule has 0 saturated carbocycles. The summed E-state index contributed by atoms with van der Waals surface area (Å²) < 4.78 is 0. The summed E-state index contributed by atoms with van der Waals surface area (Å²) in [4.78, 5) is 8.39. The lowest BCUT2D eigenvalue weighted by molar-refractivity contribution is 0.640. The van der Waals surface area contributed by atoms with Gasteiger partial charge in [-0.25, -0.2) is 9.97 Å². The van der Waals surface area contributed by atoms with Crippen LogP contribution in [0.4, 0.5) is 5.13 Å². The molecule has 18 heavy (non-hydrogen) atoms. The van der Waals surface area contributed by atoms with Crippen LogP contribution in [-0.4, -0.2) is 20.2 Å². The molecule has 2 rings (SSSR count). The standard InChI is InChI=1S/C12H17N5S/c1-8(2)6-11-16-17-12(18-11)14-7-10-4-5-13-9(3)15-10/h4-5,8H,6-7H2,1-3H3,(H,14,17). The maximum atomic E-state index is 4.33. The third-order valence-electron chi connectivity index (χ3n) is 2.30. The van der Waals surface area contributed by atoms with Gasteiger partial charge in [-0.2, -0.15) is 0 Å². The van der Waals surface area contributed by atoms with Gasteiger partial charge >= 0.3 is 0 Å². The second-order valence-electron chi connectivity index (χ2n) is 4.55. The van der Waals surface area contributed by atoms with Crippen LogP contribution in [-0.2, 0) is 13.0 Å². The van der Waals surface area contributed by atoms with Crippen LogP contribution in [0.1, 0.15) is 30.4 Å². The van der Waals surface area contributed by atoms with Gasteiger partial charge in [0.25, 0.3) is 0 Å². The van der Waals surface area contributed by atoms with Gasteiger partial charge in [0, 0.05) is 12.6 Å². The van der Waals surface area contributed by atoms with E-state index in [0.717, 1.165) is 28.1 Å². The van der Waals surface area contributed by atoms with Gasteiger partial charge < -0.3 is 5.32 Å². The van der Waals surface area contributed by atoms with Crippen molar-refractivity contribution in [3.8, 4) is 0 Å². The first-order chi connectivity index (χ1) is 8.63. The summed E-state index contributed by atoms with van der Waals surface area (Å²) in [6.07, 6.45) is 2.75. The van der Waals surface area contributed by atoms with Gasteiger partial charge in [-0.15, -0.1) is 10.2 Å². The zero-order chi connectivity index (χ0) is 13.0. The third-order valence-corrected chi connectivity index (χ3v) is 3.21. The average molecular weight is 263 g/mol. The fourth-order valence-corrected chi connectivity index (χ4v) is 2.47. The van der Waals surface area contributed by atoms with Crippen molar-refractivity contribution in [2.24, 2.45) is 5.92 Å². The van der Waals surface area contributed by atoms with Crippen LogP contribution in [0.25, 0.3) is 0 Å². The Morgan fingerprint density at radius 1 is 1.33 bits per heavy atom. The summed E-state index contributed by atoms with van der Waals surface area (Å²) in [6.45, 7) is 6.89. The molecule has 2 aromatic heterocycles. The molecule has 0 amide bonds. The van der Waals surface area contributed by atoms with E-state index in [1.54, 1.807) is 17.5 Å². The molecule has 0 saturated heterocycles. The number of nitrogens with zero attached hydrogens (tertiary/aromatic N) is 4. The van der Waals surface area contributed by atoms with Crippen LogP contribution in [0.15, 0.2) is 12.3 Å². The van der Waals surface area contributed by atoms with Gasteiger partial charge in [0.2, 0.25) is 5.13 Å². The number of aromatic nitrogens is 4. The van der Waals surface area contributed by atoms with Crippen molar-refractivity contribution >= 4 is 16.5 Å². The number of anilines is 1. The first-order valence-corrected chi connectivity index (χ1v) is 6.80. The monoisotopic (exact) mass is 263 g/mol. The predicted octanol–water partition coefficient (Wildman–Crippen LogP) is 2.45. The third kappa shape index (κ3) is 3.73. The van der Waals surface area contributed by atoms with Crippen molar-refractivity contribution in [3.05, 3.63) is 28.8 Å². The Morgan fingerprint density at radius 3 is 2.89 bits per heavy atom. The molecule has 2 heterocycles. The lowest BCUT2D eigenvalue weighted by atomic mass is 10.1. The summed E-state index contributed by atoms with van der Waals surface area (Å²) in [5.74, 6) is 1.39. The number of aryl methyl sites for hydroxylation is 1. The molecule has 0 fully saturated rings. The largest absolute Gasteiger partial charge is 0.354 e. The maximum absolute atomic E-state index is 4.33. The van der Waals surface area contributed by atoms with E-state index in [1.807, 2.05) is 13.0 Å². The fraction of sp³-hybridized carbons (Fsp3) is 0.500. The van der Waals surface area contributed by atoms with Gasteiger partial charge in [-0.3, -0.25) is 0 Å². The van der Waals surface area contributed by atoms with Gasteiger partial charge in [0.15, 0.2) is 0 Å². The van der Waals surface area contributed by atoms with E-state index < -0.39 is 0 Å². The van der Waals surface area contributed by atoms with Crippen LogP contribution in [0.5, 0.6) is 0 Å². The number of nitrogens with one attached hydrogen (secondary N) is 1. The van der Waals surface area contributed by atoms with E-state index in [2.05, 4.69) is 39.3 Å². The SMILES string of the molecule is Cc1nccc(CNc2nnc(CC(C)C)s2)n1. The van der Waals surface area contributed by atoms with Crippen molar-refractivity contribution in [1.82, 2.24) is 20.2 Å². The summed E-state index contributed by atoms with van der Waals surface area (Å²) >= 11 is 1.61. The molecule has 6 heteroatoms. The highest BCUT2D eigenvalue weighted by molar-refractivity contribution is 7.15. The molecular weight excluding hydrogens is 246 g/mol. The number of hydrogen-bond acceptors (Lipinski definition) is 6. The molecule has 0 radical (unpaired) electrons. The van der Waals surface area contributed by atoms with Crippen molar-refractivity contribution in [1.29, 1.82) is 0 Å². The highest BCUT2D eigenvalue weighted by Gasteiger charge is 2.06. The first-order valence-electron chi connectivity index (χ1n) is 5.98. The average Bonchev–Trinajstić information content (AvgIpc) is 2.73. The molecule has 0 aliphatic rings. The van der Waals surface area contributed by atoms with E-state index in [4.69, 9.17) is 0 Å². The van der Waals surface area contributed by atoms with E-state index in [1.165, 1.54) is 0 Å². The minimum absolute atomic E-state index is 0.607. The maximum Gasteiger partial charge on any atom is 0.205 e. The topological polar surface area (TPSA) is 63.6 Å². The molecule has 5 nitrogen and oxygen atoms in total. The highest BCUT2D eigenvalue weighted by Crippen LogP contribution is 2.18. The van der Waals surface area contributed by atoms with Gasteiger partial charge in [-0.1, -0.05) is 25.2 Å². The molecular formula is C12H17N5S. The predicted molar refractivity (Wildman–Crippen MR) is 72.5 cm³/mol. The van der Waals surface area contributed by atoms with Crippen molar-refractivity contribution in [2.45, 2.75) is 33.7 Å². The number of hydrogen-bond donors (Lipinski definition) is 1. The molecule has 96 valence electrons. The smallest absolute Gasteiger partial charge is 0.205 e. The van der Waals surface area contributed by atoms with Gasteiger partial charge in [0.05, 0.1) is 12.2 Å². The van der Waals surface area contributed by atoms with E-state index in [-0.39, 0.29) is 0 Å². The van der Waals surface area contributed by atoms with Crippen LogP contribution in [0, 0.1) is 12.8 Å². The molecule has 0 aliphatic heterocycles. The molecule has 0 bridgehead atoms. The molecule has 2 aromatic rings. The minimum Gasteiger partial charge on any atom is -0.354 e. The second-order valence-corrected chi connectivity index (χ2v) is 5.61. The second kappa shape index (κ2) is 5.86. The zero-order valence-electron chi connectivity index (χ0n) is 10.8. The Morgan fingerprint density at radius 2 is 2.17 bits per heavy atom. The normalized spacial score (nSPS) is 10.9. The molecule has 0 aromatic carbocycles. The molecule has 0 unspecified atom stereocenters. The van der Waals surface area contributed by atoms with Gasteiger partial charge in [-0.05, 0) is 18.9 Å². The summed E-state index contributed by atoms with van der Waals surface area (Å²) in [6, 6.07) is 1.90. The van der Waals surface area contributed by atoms with Crippen LogP contribution < -0.4 is 5.32 Å². The van der Waals surface area contributed by atoms with Crippen molar-refractivity contribution in [3.63, 3.8) is 0 Å². The Balaban J connectivity index is 1.92. The quantitative estimate of drug-likeness (QED) is 0.897. The lowest BCUT2D eigenvalue weighted by Crippen LogP contribution is -2.02. The van der Waals surface area contributed by atoms with E-state index in [0.29, 0.717) is 12.5 Å². The molecule has 0 spiro atoms. The number of rotatable bonds is 5. The first kappa shape index (κ1) is 12.9. The van der Waals surface area contributed by atoms with E-state index >= 15 is 0 Å². The Bertz CT molecular complexity index is 509. The summed E-state index contributed by atoms with van der Waals surface area (Å²) in [5.41, 5.74) is 0.961. The Kier molecular flexibility index (Phi) is 4.19. The highest BCUT2D eigenvalue weighted by atomic mass is 32.1. The molecule has 1 N–H and O–H groups in total. The van der Waals surface area contributed by atoms with Gasteiger partial charge in [0.1, 0.15) is 10.8 Å². The summed E-state index contributed by atoms with van der Waals surface area (Å²) in [7, 11) is 0. The van der Waals surface area contributed by atoms with E-state index in [9.17, 15) is 0 Å². The molecule has 0 aliphatic carbocycles. The van der Waals surface area contributed by atoms with Crippen molar-refractivity contribution < 1.29 is 0 Å². The zero-order valence-corrected chi connectivity index (χ0v) is 11.7. The van der Waals surface area contributed by atoms with Crippen molar-refractivity contribution in [2.75, 3.05) is 5.32 Å². The van der Waals surface area contributed by atoms with Crippen LogP contribution in [0.2, 0.25) is 0 Å². The van der Waals surface area contributed by atoms with Crippen LogP contribution in [0.3, 0.4) is 0 Å².